The number of H-pyrrole nitrogens is 4. The number of hydrogen-bond acceptors (Lipinski definition) is 11. The van der Waals surface area contributed by atoms with Crippen molar-refractivity contribution in [3.63, 3.8) is 0 Å². The molecule has 7 aromatic heterocycles. The fraction of sp³-hybridized carbons (Fsp3) is 0.206. The van der Waals surface area contributed by atoms with E-state index in [1.165, 1.54) is 104 Å². The van der Waals surface area contributed by atoms with Crippen LogP contribution in [0.2, 0.25) is 0 Å². The fourth-order valence-corrected chi connectivity index (χ4v) is 15.0. The topological polar surface area (TPSA) is 290 Å². The molecule has 2 aliphatic rings. The third-order valence-electron chi connectivity index (χ3n) is 20.1. The van der Waals surface area contributed by atoms with E-state index in [0.29, 0.717) is 35.3 Å². The van der Waals surface area contributed by atoms with Crippen molar-refractivity contribution in [3.8, 4) is 12.1 Å². The van der Waals surface area contributed by atoms with Crippen LogP contribution in [0.5, 0.6) is 0 Å². The molecule has 0 radical (unpaired) electrons. The molecule has 0 unspecified atom stereocenters. The number of halogens is 1. The van der Waals surface area contributed by atoms with Gasteiger partial charge in [0.15, 0.2) is 0 Å². The van der Waals surface area contributed by atoms with Crippen LogP contribution in [0.15, 0.2) is 225 Å². The number of ether oxygens (including phenoxy) is 2. The Balaban J connectivity index is 0.000000213. The maximum Gasteiger partial charge on any atom is 1.00 e. The van der Waals surface area contributed by atoms with Crippen molar-refractivity contribution in [3.05, 3.63) is 327 Å². The molecule has 9 aromatic carbocycles. The predicted octanol–water partition coefficient (Wildman–Crippen LogP) is 11.0. The summed E-state index contributed by atoms with van der Waals surface area (Å²) in [7, 11) is 16.8. The number of hydrogen-bond donors (Lipinski definition) is 5. The Bertz CT molecular complexity index is 6390. The van der Waals surface area contributed by atoms with Crippen molar-refractivity contribution in [2.75, 3.05) is 35.2 Å². The molecule has 0 amide bonds. The zero-order valence-corrected chi connectivity index (χ0v) is 78.6. The standard InChI is InChI=1S/C19H15NO2.C13H19N2.C12H16N2.C12H12N2.C12H13NO2.C11H10N2.C9H9N.C8H4O3.CN.HI.K.Na.H2O/c1-12-6-5-9-16-18(12)13(11-20(16)2)10-17-14-7-3-4-8-15(14)19(21)22-17;1-10-6-5-7-12-13(10)11(8-14-12)9-15(2,3)4;1-9-5-4-6-11-12(9)10(7-13-11)8-14(2)3;1-9-4-3-5-11-12(9)10(6-7-13)8-14(11)2;1-8-4-3-5-10-12(8)9(6-11(14)15)7-13(10)2;1-8-3-2-4-10-11(8)9(5-6-12)7-13-10;1-7-3-2-4-9-8(7)5-6-10-9;9-7-5-3-1-2-4-6(5)8(10)11-7;1-2;;;;/h3-11H,1-2H3;5-8,14H,9H2,1-4H3;4-7,13H,8H2,1-3H3;3-5,8H,6H2,1-2H3;3-5,7H,6H2,1-2H3,(H,14,15);2-4,7,13H,5H2,1H3;2-6,10H,1H3;1-4H;;1H;;;1H2/q;+1;;;;;;;-1;;2*+1;/p-2/b17-10-;;;;;;;;;;;;. The van der Waals surface area contributed by atoms with E-state index in [9.17, 15) is 19.2 Å². The molecule has 6 N–H and O–H groups in total. The van der Waals surface area contributed by atoms with E-state index < -0.39 is 17.9 Å². The normalized spacial score (nSPS) is 11.6. The molecule has 2 aliphatic heterocycles. The summed E-state index contributed by atoms with van der Waals surface area (Å²) in [5.41, 5.74) is 26.3. The Labute approximate surface area is 782 Å². The number of aliphatic carboxylic acids is 1. The minimum Gasteiger partial charge on any atom is -1.00 e. The summed E-state index contributed by atoms with van der Waals surface area (Å²) in [6.45, 7) is 21.5. The monoisotopic (exact) mass is 1750 g/mol. The van der Waals surface area contributed by atoms with Crippen LogP contribution >= 0.6 is 0 Å². The second kappa shape index (κ2) is 45.1. The molecule has 0 spiro atoms. The molecule has 0 bridgehead atoms. The Kier molecular flexibility index (Phi) is 36.9. The van der Waals surface area contributed by atoms with E-state index in [2.05, 4.69) is 243 Å². The average Bonchev–Trinajstić information content (AvgIpc) is 1.63. The van der Waals surface area contributed by atoms with Crippen LogP contribution < -0.4 is 105 Å². The van der Waals surface area contributed by atoms with Gasteiger partial charge >= 0.3 is 105 Å². The number of rotatable bonds is 9. The fourth-order valence-electron chi connectivity index (χ4n) is 15.0. The molecule has 20 nitrogen and oxygen atoms in total. The van der Waals surface area contributed by atoms with E-state index in [4.69, 9.17) is 32.2 Å². The Morgan fingerprint density at radius 3 is 1.30 bits per heavy atom. The number of carbonyl (C=O) groups is 4. The van der Waals surface area contributed by atoms with Crippen LogP contribution in [0.1, 0.15) is 109 Å². The molecule has 23 heteroatoms. The first kappa shape index (κ1) is 98.1. The second-order valence-corrected chi connectivity index (χ2v) is 30.2. The molecule has 120 heavy (non-hydrogen) atoms. The third-order valence-corrected chi connectivity index (χ3v) is 20.1. The van der Waals surface area contributed by atoms with E-state index in [-0.39, 0.29) is 123 Å². The quantitative estimate of drug-likeness (QED) is 0.0225. The predicted molar refractivity (Wildman–Crippen MR) is 467 cm³/mol. The average molecular weight is 1750 g/mol. The molecular formula is C97H99IKN12NaO8. The van der Waals surface area contributed by atoms with Gasteiger partial charge in [0, 0.05) is 164 Å². The Morgan fingerprint density at radius 2 is 0.833 bits per heavy atom. The number of aromatic amines is 4. The van der Waals surface area contributed by atoms with Crippen molar-refractivity contribution in [2.24, 2.45) is 21.1 Å². The number of nitriles is 2. The SMILES string of the molecule is Cc1cccc2[nH]cc(CC#N)c12.Cc1cccc2[nH]cc(CN(C)C)c12.Cc1cccc2[nH]cc(C[N+](C)(C)C)c12.Cc1cccc2[nH]ccc12.Cc1cccc2c1c(/C=C1\OC(=O)c3ccccc31)cn2C.Cc1cccc2c1c(CC#N)cn2C.Cc1cccc2c1c(CC(=O)O)cn2C.O=C1OC(=O)c2ccccc21.[C-]#N.[I-].[K+].[Na+].[OH-]. The zero-order valence-electron chi connectivity index (χ0n) is 71.3. The minimum absolute atomic E-state index is 0. The van der Waals surface area contributed by atoms with Gasteiger partial charge < -0.3 is 98.9 Å². The number of cyclic esters (lactones) is 3. The number of carboxylic acids is 1. The molecule has 0 atom stereocenters. The number of nitrogens with one attached hydrogen (secondary N) is 4. The molecule has 0 saturated carbocycles. The maximum absolute atomic E-state index is 11.9. The summed E-state index contributed by atoms with van der Waals surface area (Å²) in [4.78, 5) is 59.5. The number of benzene rings is 9. The van der Waals surface area contributed by atoms with Crippen LogP contribution in [-0.2, 0) is 67.8 Å². The largest absolute Gasteiger partial charge is 1.00 e. The van der Waals surface area contributed by atoms with Crippen LogP contribution in [0, 0.1) is 83.0 Å². The van der Waals surface area contributed by atoms with E-state index in [1.807, 2.05) is 118 Å². The van der Waals surface area contributed by atoms with Crippen LogP contribution in [0.4, 0.5) is 0 Å². The first-order valence-corrected chi connectivity index (χ1v) is 38.0. The number of nitrogens with zero attached hydrogens (tertiary/aromatic N) is 8. The number of carbonyl (C=O) groups excluding carboxylic acids is 3. The molecular weight excluding hydrogens is 1650 g/mol. The molecule has 604 valence electrons. The van der Waals surface area contributed by atoms with Gasteiger partial charge in [0.25, 0.3) is 0 Å². The van der Waals surface area contributed by atoms with Gasteiger partial charge in [0.05, 0.1) is 69.2 Å². The molecule has 9 heterocycles. The van der Waals surface area contributed by atoms with E-state index in [0.717, 1.165) is 67.4 Å². The van der Waals surface area contributed by atoms with Gasteiger partial charge in [-0.05, 0) is 197 Å². The minimum atomic E-state index is -0.786. The van der Waals surface area contributed by atoms with Crippen LogP contribution in [-0.4, -0.2) is 113 Å². The molecule has 18 rings (SSSR count). The van der Waals surface area contributed by atoms with Gasteiger partial charge in [-0.25, -0.2) is 14.4 Å². The number of esters is 3. The second-order valence-electron chi connectivity index (χ2n) is 30.2. The first-order valence-electron chi connectivity index (χ1n) is 38.0. The number of aromatic nitrogens is 7. The van der Waals surface area contributed by atoms with Crippen molar-refractivity contribution < 1.29 is 149 Å². The summed E-state index contributed by atoms with van der Waals surface area (Å²) in [6.07, 6.45) is 17.2. The van der Waals surface area contributed by atoms with Crippen LogP contribution in [0.25, 0.3) is 88.2 Å². The van der Waals surface area contributed by atoms with Gasteiger partial charge in [-0.3, -0.25) is 4.79 Å². The van der Waals surface area contributed by atoms with Gasteiger partial charge in [0.1, 0.15) is 12.3 Å². The van der Waals surface area contributed by atoms with Crippen molar-refractivity contribution in [1.82, 2.24) is 38.5 Å². The smallest absolute Gasteiger partial charge is 1.00 e. The van der Waals surface area contributed by atoms with E-state index in [1.54, 1.807) is 30.3 Å². The van der Waals surface area contributed by atoms with Gasteiger partial charge in [-0.1, -0.05) is 115 Å². The summed E-state index contributed by atoms with van der Waals surface area (Å²) in [6, 6.07) is 64.2. The maximum atomic E-state index is 11.9. The number of fused-ring (bicyclic) bond motifs is 9. The molecule has 16 aromatic rings. The van der Waals surface area contributed by atoms with Gasteiger partial charge in [-0.15, -0.1) is 0 Å². The van der Waals surface area contributed by atoms with Crippen molar-refractivity contribution in [2.45, 2.75) is 80.8 Å². The Morgan fingerprint density at radius 1 is 0.467 bits per heavy atom. The zero-order chi connectivity index (χ0) is 83.7. The summed E-state index contributed by atoms with van der Waals surface area (Å²) in [5.74, 6) is -1.54. The van der Waals surface area contributed by atoms with Crippen molar-refractivity contribution >= 4 is 112 Å². The molecule has 0 saturated heterocycles. The van der Waals surface area contributed by atoms with Gasteiger partial charge in [-0.2, -0.15) is 10.5 Å². The Hall–Kier alpha value is -10.7. The number of carboxylic acid groups (broad SMARTS) is 1. The molecule has 0 aliphatic carbocycles. The summed E-state index contributed by atoms with van der Waals surface area (Å²) in [5, 5.41) is 41.2. The molecule has 0 fully saturated rings. The third kappa shape index (κ3) is 23.9. The number of quaternary nitrogens is 1. The summed E-state index contributed by atoms with van der Waals surface area (Å²) >= 11 is 0. The first-order chi connectivity index (χ1) is 55.6. The number of aryl methyl sites for hydroxylation is 10. The van der Waals surface area contributed by atoms with Crippen molar-refractivity contribution in [1.29, 1.82) is 15.8 Å². The van der Waals surface area contributed by atoms with E-state index >= 15 is 0 Å². The summed E-state index contributed by atoms with van der Waals surface area (Å²) < 4.78 is 16.9. The van der Waals surface area contributed by atoms with Crippen LogP contribution in [0.3, 0.4) is 0 Å². The van der Waals surface area contributed by atoms with Gasteiger partial charge in [0.2, 0.25) is 0 Å².